The molecule has 0 spiro atoms. The summed E-state index contributed by atoms with van der Waals surface area (Å²) in [4.78, 5) is 19.3. The van der Waals surface area contributed by atoms with Crippen molar-refractivity contribution >= 4 is 16.2 Å². The average Bonchev–Trinajstić information content (AvgIpc) is 3.32. The number of likely N-dealkylation sites (tertiary alicyclic amines) is 1. The summed E-state index contributed by atoms with van der Waals surface area (Å²) in [6.07, 6.45) is 5.00. The molecule has 1 saturated heterocycles. The van der Waals surface area contributed by atoms with E-state index < -0.39 is 15.7 Å². The van der Waals surface area contributed by atoms with E-state index in [2.05, 4.69) is 6.20 Å². The number of benzene rings is 1. The highest BCUT2D eigenvalue weighted by Crippen LogP contribution is 2.41. The summed E-state index contributed by atoms with van der Waals surface area (Å²) in [6, 6.07) is 12.9. The van der Waals surface area contributed by atoms with Gasteiger partial charge in [-0.25, -0.2) is 4.79 Å². The van der Waals surface area contributed by atoms with Gasteiger partial charge in [0.25, 0.3) is 10.1 Å². The van der Waals surface area contributed by atoms with E-state index in [-0.39, 0.29) is 35.5 Å². The summed E-state index contributed by atoms with van der Waals surface area (Å²) in [5.74, 6) is 0.344. The van der Waals surface area contributed by atoms with Crippen LogP contribution in [0.3, 0.4) is 0 Å². The maximum absolute atomic E-state index is 12.6. The first-order valence-corrected chi connectivity index (χ1v) is 15.8. The minimum atomic E-state index is -3.78. The summed E-state index contributed by atoms with van der Waals surface area (Å²) < 4.78 is 38.2. The Kier molecular flexibility index (Phi) is 8.25. The number of hydrogen-bond donors (Lipinski definition) is 0. The smallest absolute Gasteiger partial charge is 0.410 e. The first-order chi connectivity index (χ1) is 19.4. The summed E-state index contributed by atoms with van der Waals surface area (Å²) >= 11 is 0. The van der Waals surface area contributed by atoms with Crippen LogP contribution in [0.2, 0.25) is 0 Å². The molecule has 1 aliphatic carbocycles. The van der Waals surface area contributed by atoms with Gasteiger partial charge in [0.15, 0.2) is 0 Å². The zero-order chi connectivity index (χ0) is 29.4. The van der Waals surface area contributed by atoms with Crippen LogP contribution in [0.1, 0.15) is 75.4 Å². The lowest BCUT2D eigenvalue weighted by molar-refractivity contribution is 0.0203. The predicted octanol–water partition coefficient (Wildman–Crippen LogP) is 6.03. The number of aryl methyl sites for hydroxylation is 2. The molecule has 1 saturated carbocycles. The number of carbonyl (C=O) groups is 1. The standard InChI is InChI=1S/C31H40N4O5S/c1-21-9-11-26(12-10-21)41(37,38)39-20-23-17-25(18-23)35-19-27(28-8-6-7-22(2)32-28)29(33-35)24-13-15-34(16-14-24)30(36)40-31(3,4)5/h6-12,19,23-25H,13-18,20H2,1-5H3/t23-,25-. The largest absolute Gasteiger partial charge is 0.444 e. The van der Waals surface area contributed by atoms with Crippen LogP contribution in [-0.2, 0) is 19.0 Å². The van der Waals surface area contributed by atoms with Crippen LogP contribution in [-0.4, -0.2) is 59.5 Å². The second-order valence-corrected chi connectivity index (χ2v) is 14.0. The van der Waals surface area contributed by atoms with Gasteiger partial charge in [-0.05, 0) is 90.5 Å². The number of hydrogen-bond acceptors (Lipinski definition) is 7. The number of ether oxygens (including phenoxy) is 1. The molecule has 2 aromatic heterocycles. The van der Waals surface area contributed by atoms with Gasteiger partial charge in [0.05, 0.1) is 28.9 Å². The molecule has 0 radical (unpaired) electrons. The molecule has 1 amide bonds. The number of pyridine rings is 1. The number of amides is 1. The molecule has 1 aromatic carbocycles. The van der Waals surface area contributed by atoms with Crippen molar-refractivity contribution in [2.24, 2.45) is 5.92 Å². The van der Waals surface area contributed by atoms with Crippen molar-refractivity contribution in [1.29, 1.82) is 0 Å². The molecule has 1 aliphatic heterocycles. The third kappa shape index (κ3) is 6.98. The first-order valence-electron chi connectivity index (χ1n) is 14.3. The van der Waals surface area contributed by atoms with Crippen LogP contribution < -0.4 is 0 Å². The Morgan fingerprint density at radius 3 is 2.34 bits per heavy atom. The van der Waals surface area contributed by atoms with Gasteiger partial charge in [-0.1, -0.05) is 23.8 Å². The number of aromatic nitrogens is 3. The molecule has 2 fully saturated rings. The lowest BCUT2D eigenvalue weighted by atomic mass is 9.81. The molecule has 10 heteroatoms. The van der Waals surface area contributed by atoms with Gasteiger partial charge in [0.1, 0.15) is 5.60 Å². The molecule has 9 nitrogen and oxygen atoms in total. The molecule has 2 aliphatic rings. The highest BCUT2D eigenvalue weighted by atomic mass is 32.2. The van der Waals surface area contributed by atoms with E-state index in [0.717, 1.165) is 53.9 Å². The fraction of sp³-hybridized carbons (Fsp3) is 0.516. The molecular weight excluding hydrogens is 540 g/mol. The minimum absolute atomic E-state index is 0.144. The SMILES string of the molecule is Cc1ccc(S(=O)(=O)OC[C@H]2C[C@H](n3cc(-c4cccc(C)n4)c(C4CCN(C(=O)OC(C)(C)C)CC4)n3)C2)cc1. The summed E-state index contributed by atoms with van der Waals surface area (Å²) in [5.41, 5.74) is 4.34. The second kappa shape index (κ2) is 11.6. The molecule has 41 heavy (non-hydrogen) atoms. The van der Waals surface area contributed by atoms with Crippen molar-refractivity contribution in [2.45, 2.75) is 82.8 Å². The Morgan fingerprint density at radius 1 is 1.02 bits per heavy atom. The van der Waals surface area contributed by atoms with E-state index in [0.29, 0.717) is 13.1 Å². The number of piperidine rings is 1. The van der Waals surface area contributed by atoms with Crippen molar-refractivity contribution in [3.63, 3.8) is 0 Å². The van der Waals surface area contributed by atoms with Crippen molar-refractivity contribution in [1.82, 2.24) is 19.7 Å². The van der Waals surface area contributed by atoms with E-state index >= 15 is 0 Å². The Hall–Kier alpha value is -3.24. The molecule has 3 aromatic rings. The quantitative estimate of drug-likeness (QED) is 0.314. The molecule has 5 rings (SSSR count). The molecule has 0 unspecified atom stereocenters. The third-order valence-corrected chi connectivity index (χ3v) is 9.11. The van der Waals surface area contributed by atoms with Crippen molar-refractivity contribution in [3.8, 4) is 11.3 Å². The highest BCUT2D eigenvalue weighted by Gasteiger charge is 2.35. The Morgan fingerprint density at radius 2 is 1.71 bits per heavy atom. The molecular formula is C31H40N4O5S. The molecule has 220 valence electrons. The summed E-state index contributed by atoms with van der Waals surface area (Å²) in [7, 11) is -3.78. The lowest BCUT2D eigenvalue weighted by Gasteiger charge is -2.35. The number of nitrogens with zero attached hydrogens (tertiary/aromatic N) is 4. The Balaban J connectivity index is 1.26. The first kappa shape index (κ1) is 29.3. The average molecular weight is 581 g/mol. The van der Waals surface area contributed by atoms with Gasteiger partial charge in [0.2, 0.25) is 0 Å². The van der Waals surface area contributed by atoms with Crippen LogP contribution in [0.5, 0.6) is 0 Å². The summed E-state index contributed by atoms with van der Waals surface area (Å²) in [6.45, 7) is 10.9. The summed E-state index contributed by atoms with van der Waals surface area (Å²) in [5, 5.41) is 5.07. The van der Waals surface area contributed by atoms with Crippen molar-refractivity contribution in [3.05, 3.63) is 65.6 Å². The van der Waals surface area contributed by atoms with Gasteiger partial charge in [-0.3, -0.25) is 13.8 Å². The van der Waals surface area contributed by atoms with Crippen molar-refractivity contribution < 1.29 is 22.1 Å². The van der Waals surface area contributed by atoms with Crippen LogP contribution in [0.25, 0.3) is 11.3 Å². The lowest BCUT2D eigenvalue weighted by Crippen LogP contribution is -2.41. The molecule has 0 atom stereocenters. The Labute approximate surface area is 243 Å². The van der Waals surface area contributed by atoms with E-state index in [9.17, 15) is 13.2 Å². The minimum Gasteiger partial charge on any atom is -0.444 e. The number of rotatable bonds is 7. The van der Waals surface area contributed by atoms with Gasteiger partial charge in [-0.2, -0.15) is 13.5 Å². The van der Waals surface area contributed by atoms with E-state index in [1.54, 1.807) is 29.2 Å². The second-order valence-electron chi connectivity index (χ2n) is 12.4. The van der Waals surface area contributed by atoms with Crippen LogP contribution in [0.4, 0.5) is 4.79 Å². The molecule has 0 N–H and O–H groups in total. The zero-order valence-electron chi connectivity index (χ0n) is 24.5. The fourth-order valence-corrected chi connectivity index (χ4v) is 6.44. The van der Waals surface area contributed by atoms with E-state index in [4.69, 9.17) is 19.0 Å². The maximum Gasteiger partial charge on any atom is 0.410 e. The third-order valence-electron chi connectivity index (χ3n) is 7.81. The normalized spacial score (nSPS) is 20.1. The van der Waals surface area contributed by atoms with Crippen LogP contribution in [0, 0.1) is 19.8 Å². The monoisotopic (exact) mass is 580 g/mol. The molecule has 0 bridgehead atoms. The highest BCUT2D eigenvalue weighted by molar-refractivity contribution is 7.86. The Bertz CT molecular complexity index is 1480. The van der Waals surface area contributed by atoms with Gasteiger partial charge >= 0.3 is 6.09 Å². The zero-order valence-corrected chi connectivity index (χ0v) is 25.4. The number of carbonyl (C=O) groups excluding carboxylic acids is 1. The van der Waals surface area contributed by atoms with Gasteiger partial charge in [0, 0.05) is 36.5 Å². The predicted molar refractivity (Wildman–Crippen MR) is 156 cm³/mol. The van der Waals surface area contributed by atoms with Gasteiger partial charge < -0.3 is 9.64 Å². The van der Waals surface area contributed by atoms with E-state index in [1.165, 1.54) is 0 Å². The van der Waals surface area contributed by atoms with E-state index in [1.807, 2.05) is 57.5 Å². The van der Waals surface area contributed by atoms with Gasteiger partial charge in [-0.15, -0.1) is 0 Å². The topological polar surface area (TPSA) is 104 Å². The van der Waals surface area contributed by atoms with Crippen molar-refractivity contribution in [2.75, 3.05) is 19.7 Å². The van der Waals surface area contributed by atoms with Crippen LogP contribution >= 0.6 is 0 Å². The van der Waals surface area contributed by atoms with Crippen LogP contribution in [0.15, 0.2) is 53.6 Å². The fourth-order valence-electron chi connectivity index (χ4n) is 5.46. The molecule has 3 heterocycles. The maximum atomic E-state index is 12.6.